The number of esters is 1. The van der Waals surface area contributed by atoms with Gasteiger partial charge in [-0.1, -0.05) is 6.92 Å². The first-order valence-electron chi connectivity index (χ1n) is 5.85. The summed E-state index contributed by atoms with van der Waals surface area (Å²) in [6.45, 7) is 3.40. The molecule has 2 atom stereocenters. The highest BCUT2D eigenvalue weighted by atomic mass is 19.4. The Morgan fingerprint density at radius 2 is 2.06 bits per heavy atom. The average Bonchev–Trinajstić information content (AvgIpc) is 2.75. The number of alkyl halides is 3. The van der Waals surface area contributed by atoms with Crippen molar-refractivity contribution >= 4 is 11.9 Å². The highest BCUT2D eigenvalue weighted by Gasteiger charge is 2.48. The summed E-state index contributed by atoms with van der Waals surface area (Å²) >= 11 is 0. The number of ether oxygens (including phenoxy) is 1. The lowest BCUT2D eigenvalue weighted by Gasteiger charge is -2.25. The third-order valence-corrected chi connectivity index (χ3v) is 2.92. The summed E-state index contributed by atoms with van der Waals surface area (Å²) in [5.41, 5.74) is 0. The van der Waals surface area contributed by atoms with Crippen LogP contribution in [0.5, 0.6) is 0 Å². The van der Waals surface area contributed by atoms with Crippen molar-refractivity contribution in [3.05, 3.63) is 0 Å². The SMILES string of the molecule is CC[C@H](C)OC(=O)[C@@H]1CCCN1C(=O)C(F)(F)F. The molecule has 1 aliphatic rings. The van der Waals surface area contributed by atoms with Crippen molar-refractivity contribution in [2.45, 2.75) is 51.4 Å². The van der Waals surface area contributed by atoms with E-state index in [9.17, 15) is 22.8 Å². The fourth-order valence-electron chi connectivity index (χ4n) is 1.78. The Bertz CT molecular complexity index is 330. The molecule has 18 heavy (non-hydrogen) atoms. The Morgan fingerprint density at radius 3 is 2.56 bits per heavy atom. The van der Waals surface area contributed by atoms with E-state index in [0.717, 1.165) is 0 Å². The summed E-state index contributed by atoms with van der Waals surface area (Å²) in [4.78, 5) is 23.4. The normalized spacial score (nSPS) is 21.8. The summed E-state index contributed by atoms with van der Waals surface area (Å²) in [5, 5.41) is 0. The Kier molecular flexibility index (Phi) is 4.59. The molecule has 1 amide bonds. The average molecular weight is 267 g/mol. The van der Waals surface area contributed by atoms with Crippen molar-refractivity contribution in [2.24, 2.45) is 0 Å². The molecule has 1 heterocycles. The molecule has 7 heteroatoms. The fraction of sp³-hybridized carbons (Fsp3) is 0.818. The van der Waals surface area contributed by atoms with Crippen LogP contribution in [0, 0.1) is 0 Å². The van der Waals surface area contributed by atoms with E-state index >= 15 is 0 Å². The molecule has 1 aliphatic heterocycles. The van der Waals surface area contributed by atoms with Crippen molar-refractivity contribution in [1.29, 1.82) is 0 Å². The molecule has 0 aromatic rings. The molecule has 0 spiro atoms. The minimum absolute atomic E-state index is 0.0569. The summed E-state index contributed by atoms with van der Waals surface area (Å²) in [6.07, 6.45) is -4.13. The van der Waals surface area contributed by atoms with Gasteiger partial charge in [0.2, 0.25) is 0 Å². The van der Waals surface area contributed by atoms with E-state index in [4.69, 9.17) is 4.74 Å². The van der Waals surface area contributed by atoms with Crippen LogP contribution in [0.15, 0.2) is 0 Å². The van der Waals surface area contributed by atoms with Crippen LogP contribution in [0.4, 0.5) is 13.2 Å². The zero-order valence-corrected chi connectivity index (χ0v) is 10.3. The van der Waals surface area contributed by atoms with Gasteiger partial charge >= 0.3 is 18.1 Å². The summed E-state index contributed by atoms with van der Waals surface area (Å²) < 4.78 is 41.9. The number of nitrogens with zero attached hydrogens (tertiary/aromatic N) is 1. The van der Waals surface area contributed by atoms with Crippen molar-refractivity contribution in [3.8, 4) is 0 Å². The van der Waals surface area contributed by atoms with E-state index in [1.165, 1.54) is 0 Å². The quantitative estimate of drug-likeness (QED) is 0.733. The smallest absolute Gasteiger partial charge is 0.461 e. The maximum atomic E-state index is 12.3. The largest absolute Gasteiger partial charge is 0.471 e. The van der Waals surface area contributed by atoms with Gasteiger partial charge in [0.25, 0.3) is 0 Å². The molecular formula is C11H16F3NO3. The maximum absolute atomic E-state index is 12.3. The molecule has 0 aromatic heterocycles. The summed E-state index contributed by atoms with van der Waals surface area (Å²) in [6, 6.07) is -1.10. The molecule has 0 radical (unpaired) electrons. The molecule has 0 N–H and O–H groups in total. The zero-order chi connectivity index (χ0) is 13.9. The lowest BCUT2D eigenvalue weighted by atomic mass is 10.2. The first kappa shape index (κ1) is 14.8. The van der Waals surface area contributed by atoms with Crippen molar-refractivity contribution in [3.63, 3.8) is 0 Å². The number of carbonyl (C=O) groups excluding carboxylic acids is 2. The highest BCUT2D eigenvalue weighted by Crippen LogP contribution is 2.26. The van der Waals surface area contributed by atoms with E-state index in [-0.39, 0.29) is 19.1 Å². The number of hydrogen-bond donors (Lipinski definition) is 0. The van der Waals surface area contributed by atoms with Gasteiger partial charge in [-0.15, -0.1) is 0 Å². The van der Waals surface area contributed by atoms with Gasteiger partial charge in [-0.2, -0.15) is 13.2 Å². The number of carbonyl (C=O) groups is 2. The first-order chi connectivity index (χ1) is 8.27. The van der Waals surface area contributed by atoms with E-state index in [2.05, 4.69) is 0 Å². The van der Waals surface area contributed by atoms with Crippen LogP contribution in [-0.2, 0) is 14.3 Å². The molecule has 1 saturated heterocycles. The van der Waals surface area contributed by atoms with Crippen LogP contribution in [0.1, 0.15) is 33.1 Å². The fourth-order valence-corrected chi connectivity index (χ4v) is 1.78. The molecule has 0 unspecified atom stereocenters. The van der Waals surface area contributed by atoms with Crippen LogP contribution >= 0.6 is 0 Å². The summed E-state index contributed by atoms with van der Waals surface area (Å²) in [7, 11) is 0. The Labute approximate surface area is 103 Å². The third-order valence-electron chi connectivity index (χ3n) is 2.92. The minimum Gasteiger partial charge on any atom is -0.461 e. The summed E-state index contributed by atoms with van der Waals surface area (Å²) in [5.74, 6) is -2.72. The Hall–Kier alpha value is -1.27. The van der Waals surface area contributed by atoms with E-state index in [1.54, 1.807) is 13.8 Å². The number of halogens is 3. The predicted molar refractivity (Wildman–Crippen MR) is 56.6 cm³/mol. The maximum Gasteiger partial charge on any atom is 0.471 e. The topological polar surface area (TPSA) is 46.6 Å². The zero-order valence-electron chi connectivity index (χ0n) is 10.3. The van der Waals surface area contributed by atoms with Crippen LogP contribution < -0.4 is 0 Å². The molecule has 0 aliphatic carbocycles. The van der Waals surface area contributed by atoms with Gasteiger partial charge in [-0.3, -0.25) is 4.79 Å². The molecule has 104 valence electrons. The van der Waals surface area contributed by atoms with Gasteiger partial charge in [0.1, 0.15) is 6.04 Å². The third kappa shape index (κ3) is 3.36. The van der Waals surface area contributed by atoms with Crippen molar-refractivity contribution in [1.82, 2.24) is 4.90 Å². The minimum atomic E-state index is -4.95. The monoisotopic (exact) mass is 267 g/mol. The molecule has 0 aromatic carbocycles. The van der Waals surface area contributed by atoms with Crippen LogP contribution in [0.2, 0.25) is 0 Å². The highest BCUT2D eigenvalue weighted by molar-refractivity contribution is 5.88. The molecular weight excluding hydrogens is 251 g/mol. The lowest BCUT2D eigenvalue weighted by Crippen LogP contribution is -2.47. The van der Waals surface area contributed by atoms with Gasteiger partial charge in [-0.05, 0) is 26.2 Å². The second-order valence-electron chi connectivity index (χ2n) is 4.31. The standard InChI is InChI=1S/C11H16F3NO3/c1-3-7(2)18-9(16)8-5-4-6-15(8)10(17)11(12,13)14/h7-8H,3-6H2,1-2H3/t7-,8-/m0/s1. The number of hydrogen-bond acceptors (Lipinski definition) is 3. The Morgan fingerprint density at radius 1 is 1.44 bits per heavy atom. The number of rotatable bonds is 3. The number of likely N-dealkylation sites (tertiary alicyclic amines) is 1. The molecule has 0 saturated carbocycles. The molecule has 1 fully saturated rings. The van der Waals surface area contributed by atoms with Gasteiger partial charge in [-0.25, -0.2) is 4.79 Å². The lowest BCUT2D eigenvalue weighted by molar-refractivity contribution is -0.189. The van der Waals surface area contributed by atoms with Crippen molar-refractivity contribution in [2.75, 3.05) is 6.54 Å². The van der Waals surface area contributed by atoms with Gasteiger partial charge < -0.3 is 9.64 Å². The Balaban J connectivity index is 2.71. The van der Waals surface area contributed by atoms with Gasteiger partial charge in [0.05, 0.1) is 6.10 Å². The first-order valence-corrected chi connectivity index (χ1v) is 5.85. The van der Waals surface area contributed by atoms with E-state index in [0.29, 0.717) is 17.7 Å². The van der Waals surface area contributed by atoms with Crippen molar-refractivity contribution < 1.29 is 27.5 Å². The van der Waals surface area contributed by atoms with Crippen LogP contribution in [0.3, 0.4) is 0 Å². The van der Waals surface area contributed by atoms with Crippen LogP contribution in [-0.4, -0.2) is 41.6 Å². The molecule has 0 bridgehead atoms. The predicted octanol–water partition coefficient (Wildman–Crippen LogP) is 1.88. The van der Waals surface area contributed by atoms with Gasteiger partial charge in [0, 0.05) is 6.54 Å². The van der Waals surface area contributed by atoms with Gasteiger partial charge in [0.15, 0.2) is 0 Å². The van der Waals surface area contributed by atoms with E-state index < -0.39 is 24.1 Å². The van der Waals surface area contributed by atoms with Crippen LogP contribution in [0.25, 0.3) is 0 Å². The molecule has 4 nitrogen and oxygen atoms in total. The molecule has 1 rings (SSSR count). The second-order valence-corrected chi connectivity index (χ2v) is 4.31. The second kappa shape index (κ2) is 5.58. The number of amides is 1. The van der Waals surface area contributed by atoms with E-state index in [1.807, 2.05) is 0 Å².